The van der Waals surface area contributed by atoms with Crippen LogP contribution in [0, 0.1) is 5.82 Å². The summed E-state index contributed by atoms with van der Waals surface area (Å²) in [6.45, 7) is -0.581. The first-order valence-corrected chi connectivity index (χ1v) is 11.0. The van der Waals surface area contributed by atoms with Crippen LogP contribution in [0.3, 0.4) is 0 Å². The summed E-state index contributed by atoms with van der Waals surface area (Å²) in [5.41, 5.74) is 0.403. The lowest BCUT2D eigenvalue weighted by Crippen LogP contribution is -2.29. The first-order valence-electron chi connectivity index (χ1n) is 9.09. The maximum atomic E-state index is 13.9. The minimum Gasteiger partial charge on any atom is -0.481 e. The number of rotatable bonds is 6. The molecule has 31 heavy (non-hydrogen) atoms. The Morgan fingerprint density at radius 3 is 2.61 bits per heavy atom. The molecule has 0 spiro atoms. The highest BCUT2D eigenvalue weighted by Gasteiger charge is 2.40. The molecule has 1 unspecified atom stereocenters. The normalized spacial score (nSPS) is 17.4. The molecule has 0 amide bonds. The standard InChI is InChI=1S/C19H17FN3O6PS/c20-11-1-6-14-15(8-19(25)26)21-23(16(14)7-11)17-9-22(10-18(17)24)31(27,28)13-4-2-12(29-30)3-5-13/h1-7,17H,8-10,30H2,(H,25,26)/t17-/m0/s1. The zero-order valence-corrected chi connectivity index (χ0v) is 17.9. The molecule has 2 aromatic carbocycles. The average Bonchev–Trinajstić information content (AvgIpc) is 3.28. The van der Waals surface area contributed by atoms with Gasteiger partial charge in [0.25, 0.3) is 0 Å². The second-order valence-corrected chi connectivity index (χ2v) is 9.17. The summed E-state index contributed by atoms with van der Waals surface area (Å²) < 4.78 is 47.0. The van der Waals surface area contributed by atoms with E-state index < -0.39 is 40.1 Å². The van der Waals surface area contributed by atoms with Crippen molar-refractivity contribution in [3.63, 3.8) is 0 Å². The highest BCUT2D eigenvalue weighted by atomic mass is 32.2. The van der Waals surface area contributed by atoms with E-state index in [1.807, 2.05) is 0 Å². The van der Waals surface area contributed by atoms with Gasteiger partial charge in [-0.15, -0.1) is 0 Å². The van der Waals surface area contributed by atoms with Crippen LogP contribution in [0.15, 0.2) is 47.4 Å². The number of carbonyl (C=O) groups excluding carboxylic acids is 1. The number of aromatic nitrogens is 2. The van der Waals surface area contributed by atoms with Gasteiger partial charge < -0.3 is 9.63 Å². The highest BCUT2D eigenvalue weighted by Crippen LogP contribution is 2.30. The number of ketones is 1. The lowest BCUT2D eigenvalue weighted by molar-refractivity contribution is -0.136. The van der Waals surface area contributed by atoms with Crippen molar-refractivity contribution in [1.29, 1.82) is 0 Å². The molecule has 12 heteroatoms. The number of fused-ring (bicyclic) bond motifs is 1. The molecule has 1 saturated heterocycles. The van der Waals surface area contributed by atoms with E-state index in [9.17, 15) is 22.4 Å². The van der Waals surface area contributed by atoms with Crippen LogP contribution in [0.5, 0.6) is 5.75 Å². The van der Waals surface area contributed by atoms with Crippen LogP contribution >= 0.6 is 9.47 Å². The van der Waals surface area contributed by atoms with Crippen LogP contribution in [0.4, 0.5) is 4.39 Å². The summed E-state index contributed by atoms with van der Waals surface area (Å²) in [7, 11) is -1.91. The van der Waals surface area contributed by atoms with E-state index in [2.05, 4.69) is 14.6 Å². The largest absolute Gasteiger partial charge is 0.481 e. The van der Waals surface area contributed by atoms with Crippen LogP contribution in [-0.2, 0) is 26.0 Å². The molecule has 2 heterocycles. The molecular weight excluding hydrogens is 448 g/mol. The number of aliphatic carboxylic acids is 1. The summed E-state index contributed by atoms with van der Waals surface area (Å²) >= 11 is 0. The van der Waals surface area contributed by atoms with Crippen LogP contribution in [-0.4, -0.2) is 52.5 Å². The van der Waals surface area contributed by atoms with E-state index in [-0.39, 0.29) is 29.2 Å². The second kappa shape index (κ2) is 7.99. The summed E-state index contributed by atoms with van der Waals surface area (Å²) in [6, 6.07) is 8.43. The monoisotopic (exact) mass is 465 g/mol. The second-order valence-electron chi connectivity index (χ2n) is 6.99. The molecule has 1 fully saturated rings. The molecule has 1 aromatic heterocycles. The van der Waals surface area contributed by atoms with E-state index in [1.54, 1.807) is 0 Å². The number of hydrogen-bond donors (Lipinski definition) is 1. The maximum absolute atomic E-state index is 13.9. The van der Waals surface area contributed by atoms with E-state index >= 15 is 0 Å². The van der Waals surface area contributed by atoms with Crippen molar-refractivity contribution in [3.8, 4) is 5.75 Å². The molecule has 162 valence electrons. The predicted octanol–water partition coefficient (Wildman–Crippen LogP) is 1.79. The van der Waals surface area contributed by atoms with E-state index in [0.29, 0.717) is 11.1 Å². The van der Waals surface area contributed by atoms with Gasteiger partial charge in [0.1, 0.15) is 17.6 Å². The molecule has 3 aromatic rings. The number of halogens is 1. The fourth-order valence-electron chi connectivity index (χ4n) is 3.56. The third-order valence-corrected chi connectivity index (χ3v) is 7.14. The lowest BCUT2D eigenvalue weighted by atomic mass is 10.1. The minimum atomic E-state index is -3.97. The molecule has 9 nitrogen and oxygen atoms in total. The number of nitrogens with zero attached hydrogens (tertiary/aromatic N) is 3. The summed E-state index contributed by atoms with van der Waals surface area (Å²) in [5, 5.41) is 13.7. The van der Waals surface area contributed by atoms with Crippen molar-refractivity contribution in [2.75, 3.05) is 13.1 Å². The van der Waals surface area contributed by atoms with Gasteiger partial charge in [-0.25, -0.2) is 12.8 Å². The van der Waals surface area contributed by atoms with Gasteiger partial charge >= 0.3 is 5.97 Å². The smallest absolute Gasteiger partial charge is 0.309 e. The van der Waals surface area contributed by atoms with Gasteiger partial charge in [0.05, 0.1) is 38.5 Å². The SMILES string of the molecule is O=C(O)Cc1nn([C@H]2CN(S(=O)(=O)c3ccc(OP)cc3)CC2=O)c2cc(F)ccc12. The van der Waals surface area contributed by atoms with Crippen molar-refractivity contribution in [2.24, 2.45) is 0 Å². The van der Waals surface area contributed by atoms with Gasteiger partial charge in [-0.2, -0.15) is 9.40 Å². The number of carboxylic acids is 1. The number of carbonyl (C=O) groups is 2. The van der Waals surface area contributed by atoms with E-state index in [1.165, 1.54) is 41.1 Å². The van der Waals surface area contributed by atoms with E-state index in [0.717, 1.165) is 10.4 Å². The fraction of sp³-hybridized carbons (Fsp3) is 0.211. The molecule has 1 N–H and O–H groups in total. The number of carboxylic acid groups (broad SMARTS) is 1. The zero-order valence-electron chi connectivity index (χ0n) is 15.9. The zero-order chi connectivity index (χ0) is 22.3. The molecule has 1 aliphatic heterocycles. The van der Waals surface area contributed by atoms with Crippen molar-refractivity contribution >= 4 is 42.1 Å². The Balaban J connectivity index is 1.70. The van der Waals surface area contributed by atoms with Crippen LogP contribution in [0.2, 0.25) is 0 Å². The van der Waals surface area contributed by atoms with Crippen molar-refractivity contribution < 1.29 is 32.0 Å². The third kappa shape index (κ3) is 3.91. The molecule has 4 rings (SSSR count). The van der Waals surface area contributed by atoms with Crippen LogP contribution < -0.4 is 4.52 Å². The van der Waals surface area contributed by atoms with Crippen molar-refractivity contribution in [3.05, 3.63) is 54.0 Å². The molecule has 0 saturated carbocycles. The van der Waals surface area contributed by atoms with Gasteiger partial charge in [-0.3, -0.25) is 14.3 Å². The Morgan fingerprint density at radius 2 is 1.97 bits per heavy atom. The Hall–Kier alpha value is -2.88. The highest BCUT2D eigenvalue weighted by molar-refractivity contribution is 7.89. The molecule has 1 aliphatic rings. The summed E-state index contributed by atoms with van der Waals surface area (Å²) in [4.78, 5) is 23.9. The van der Waals surface area contributed by atoms with Gasteiger partial charge in [-0.1, -0.05) is 0 Å². The molecule has 2 atom stereocenters. The van der Waals surface area contributed by atoms with Crippen LogP contribution in [0.25, 0.3) is 10.9 Å². The van der Waals surface area contributed by atoms with Gasteiger partial charge in [-0.05, 0) is 42.5 Å². The van der Waals surface area contributed by atoms with Gasteiger partial charge in [0.15, 0.2) is 5.78 Å². The Labute approximate surface area is 178 Å². The van der Waals surface area contributed by atoms with Crippen molar-refractivity contribution in [2.45, 2.75) is 17.4 Å². The van der Waals surface area contributed by atoms with Gasteiger partial charge in [0.2, 0.25) is 10.0 Å². The summed E-state index contributed by atoms with van der Waals surface area (Å²) in [6.07, 6.45) is -0.414. The average molecular weight is 465 g/mol. The lowest BCUT2D eigenvalue weighted by Gasteiger charge is -2.16. The topological polar surface area (TPSA) is 119 Å². The maximum Gasteiger partial charge on any atom is 0.309 e. The minimum absolute atomic E-state index is 0.00492. The van der Waals surface area contributed by atoms with Crippen molar-refractivity contribution in [1.82, 2.24) is 14.1 Å². The molecular formula is C19H17FN3O6PS. The number of benzene rings is 2. The number of Topliss-reactive ketones (excluding diaryl/α,β-unsaturated/α-hetero) is 1. The Morgan fingerprint density at radius 1 is 1.26 bits per heavy atom. The van der Waals surface area contributed by atoms with Gasteiger partial charge in [0, 0.05) is 11.9 Å². The first-order chi connectivity index (χ1) is 14.7. The quantitative estimate of drug-likeness (QED) is 0.552. The molecule has 0 aliphatic carbocycles. The van der Waals surface area contributed by atoms with E-state index in [4.69, 9.17) is 9.63 Å². The fourth-order valence-corrected chi connectivity index (χ4v) is 5.13. The Bertz CT molecular complexity index is 1290. The molecule has 0 radical (unpaired) electrons. The third-order valence-electron chi connectivity index (χ3n) is 5.04. The van der Waals surface area contributed by atoms with Crippen LogP contribution in [0.1, 0.15) is 11.7 Å². The molecule has 0 bridgehead atoms. The number of hydrogen-bond acceptors (Lipinski definition) is 6. The summed E-state index contributed by atoms with van der Waals surface area (Å²) in [5.74, 6) is -1.68. The predicted molar refractivity (Wildman–Crippen MR) is 111 cm³/mol. The number of sulfonamides is 1. The first kappa shape index (κ1) is 21.4. The Kier molecular flexibility index (Phi) is 5.50.